The number of imide groups is 2. The second-order valence-corrected chi connectivity index (χ2v) is 4.63. The highest BCUT2D eigenvalue weighted by Gasteiger charge is 2.45. The summed E-state index contributed by atoms with van der Waals surface area (Å²) in [7, 11) is 0. The van der Waals surface area contributed by atoms with Crippen LogP contribution in [0.15, 0.2) is 6.20 Å². The van der Waals surface area contributed by atoms with E-state index < -0.39 is 29.7 Å². The molecule has 2 aliphatic heterocycles. The van der Waals surface area contributed by atoms with Gasteiger partial charge in [0, 0.05) is 12.6 Å². The number of amides is 4. The number of hydrogen-bond donors (Lipinski definition) is 1. The van der Waals surface area contributed by atoms with Gasteiger partial charge in [-0.05, 0) is 13.3 Å². The molecule has 0 spiro atoms. The van der Waals surface area contributed by atoms with Crippen LogP contribution in [-0.2, 0) is 9.59 Å². The Morgan fingerprint density at radius 2 is 2.00 bits per heavy atom. The van der Waals surface area contributed by atoms with Gasteiger partial charge < -0.3 is 0 Å². The fourth-order valence-corrected chi connectivity index (χ4v) is 2.34. The number of nitrogens with one attached hydrogen (secondary N) is 1. The molecule has 0 aliphatic carbocycles. The van der Waals surface area contributed by atoms with Crippen LogP contribution in [0.25, 0.3) is 0 Å². The third-order valence-electron chi connectivity index (χ3n) is 3.30. The van der Waals surface area contributed by atoms with Gasteiger partial charge in [-0.2, -0.15) is 0 Å². The maximum Gasteiger partial charge on any atom is 0.281 e. The van der Waals surface area contributed by atoms with Crippen LogP contribution >= 0.6 is 0 Å². The predicted octanol–water partition coefficient (Wildman–Crippen LogP) is -0.814. The molecular formula is C12H10N4O4. The van der Waals surface area contributed by atoms with Crippen LogP contribution in [-0.4, -0.2) is 44.5 Å². The van der Waals surface area contributed by atoms with E-state index in [4.69, 9.17) is 0 Å². The number of carbonyl (C=O) groups excluding carboxylic acids is 4. The summed E-state index contributed by atoms with van der Waals surface area (Å²) < 4.78 is 0. The van der Waals surface area contributed by atoms with Gasteiger partial charge in [-0.15, -0.1) is 0 Å². The smallest absolute Gasteiger partial charge is 0.281 e. The summed E-state index contributed by atoms with van der Waals surface area (Å²) in [6.45, 7) is 1.60. The molecule has 1 aromatic rings. The van der Waals surface area contributed by atoms with Crippen molar-refractivity contribution in [2.24, 2.45) is 0 Å². The van der Waals surface area contributed by atoms with E-state index in [9.17, 15) is 19.2 Å². The van der Waals surface area contributed by atoms with Gasteiger partial charge in [-0.1, -0.05) is 0 Å². The van der Waals surface area contributed by atoms with Crippen LogP contribution in [0.1, 0.15) is 39.5 Å². The first-order valence-electron chi connectivity index (χ1n) is 6.04. The van der Waals surface area contributed by atoms with Crippen LogP contribution in [0, 0.1) is 6.92 Å². The molecule has 1 unspecified atom stereocenters. The van der Waals surface area contributed by atoms with Gasteiger partial charge in [0.1, 0.15) is 17.6 Å². The average Bonchev–Trinajstić information content (AvgIpc) is 2.63. The highest BCUT2D eigenvalue weighted by molar-refractivity contribution is 6.22. The van der Waals surface area contributed by atoms with Crippen molar-refractivity contribution in [2.75, 3.05) is 0 Å². The summed E-state index contributed by atoms with van der Waals surface area (Å²) in [5, 5.41) is 2.13. The number of fused-ring (bicyclic) bond motifs is 1. The molecule has 102 valence electrons. The summed E-state index contributed by atoms with van der Waals surface area (Å²) in [5.41, 5.74) is 0.0949. The lowest BCUT2D eigenvalue weighted by atomic mass is 10.0. The Hall–Kier alpha value is -2.64. The first-order valence-corrected chi connectivity index (χ1v) is 6.04. The fourth-order valence-electron chi connectivity index (χ4n) is 2.34. The van der Waals surface area contributed by atoms with E-state index >= 15 is 0 Å². The molecule has 0 radical (unpaired) electrons. The van der Waals surface area contributed by atoms with Gasteiger partial charge in [0.25, 0.3) is 11.8 Å². The van der Waals surface area contributed by atoms with E-state index in [1.807, 2.05) is 0 Å². The molecule has 3 heterocycles. The number of aromatic nitrogens is 2. The Morgan fingerprint density at radius 1 is 1.25 bits per heavy atom. The molecule has 20 heavy (non-hydrogen) atoms. The van der Waals surface area contributed by atoms with E-state index in [-0.39, 0.29) is 24.1 Å². The molecule has 8 nitrogen and oxygen atoms in total. The van der Waals surface area contributed by atoms with Crippen molar-refractivity contribution in [3.63, 3.8) is 0 Å². The maximum absolute atomic E-state index is 12.2. The third kappa shape index (κ3) is 1.68. The van der Waals surface area contributed by atoms with E-state index in [1.165, 1.54) is 6.20 Å². The predicted molar refractivity (Wildman–Crippen MR) is 63.4 cm³/mol. The Labute approximate surface area is 113 Å². The van der Waals surface area contributed by atoms with Gasteiger partial charge in [0.2, 0.25) is 11.8 Å². The molecule has 4 amide bonds. The number of rotatable bonds is 1. The second-order valence-electron chi connectivity index (χ2n) is 4.63. The average molecular weight is 274 g/mol. The molecule has 1 atom stereocenters. The summed E-state index contributed by atoms with van der Waals surface area (Å²) >= 11 is 0. The maximum atomic E-state index is 12.2. The summed E-state index contributed by atoms with van der Waals surface area (Å²) in [4.78, 5) is 56.0. The lowest BCUT2D eigenvalue weighted by Gasteiger charge is -2.27. The minimum atomic E-state index is -0.970. The van der Waals surface area contributed by atoms with Crippen molar-refractivity contribution >= 4 is 23.6 Å². The minimum absolute atomic E-state index is 0.00667. The van der Waals surface area contributed by atoms with Gasteiger partial charge in [-0.3, -0.25) is 29.4 Å². The topological polar surface area (TPSA) is 109 Å². The molecule has 0 bridgehead atoms. The number of piperidine rings is 1. The lowest BCUT2D eigenvalue weighted by molar-refractivity contribution is -0.136. The quantitative estimate of drug-likeness (QED) is 0.670. The molecule has 2 aliphatic rings. The van der Waals surface area contributed by atoms with Crippen LogP contribution in [0.3, 0.4) is 0 Å². The zero-order chi connectivity index (χ0) is 14.4. The largest absolute Gasteiger partial charge is 0.295 e. The highest BCUT2D eigenvalue weighted by atomic mass is 16.2. The Bertz CT molecular complexity index is 669. The Balaban J connectivity index is 1.97. The lowest BCUT2D eigenvalue weighted by Crippen LogP contribution is -2.54. The summed E-state index contributed by atoms with van der Waals surface area (Å²) in [6.07, 6.45) is 1.50. The molecule has 1 N–H and O–H groups in total. The molecule has 0 saturated carbocycles. The van der Waals surface area contributed by atoms with Crippen LogP contribution in [0.2, 0.25) is 0 Å². The van der Waals surface area contributed by atoms with Crippen LogP contribution in [0.5, 0.6) is 0 Å². The zero-order valence-corrected chi connectivity index (χ0v) is 10.5. The number of carbonyl (C=O) groups is 4. The van der Waals surface area contributed by atoms with Crippen molar-refractivity contribution in [3.8, 4) is 0 Å². The molecule has 8 heteroatoms. The van der Waals surface area contributed by atoms with E-state index in [1.54, 1.807) is 6.92 Å². The SMILES string of the molecule is Cc1ncc2c(n1)C(=O)N(C1CCC(=O)NC1=O)C2=O. The van der Waals surface area contributed by atoms with Gasteiger partial charge >= 0.3 is 0 Å². The van der Waals surface area contributed by atoms with Crippen molar-refractivity contribution in [1.29, 1.82) is 0 Å². The standard InChI is InChI=1S/C12H10N4O4/c1-5-13-4-6-9(14-5)12(20)16(11(6)19)7-2-3-8(17)15-10(7)18/h4,7H,2-3H2,1H3,(H,15,17,18). The summed E-state index contributed by atoms with van der Waals surface area (Å²) in [5.74, 6) is -1.89. The number of nitrogens with zero attached hydrogens (tertiary/aromatic N) is 3. The van der Waals surface area contributed by atoms with Gasteiger partial charge in [0.15, 0.2) is 0 Å². The Morgan fingerprint density at radius 3 is 2.70 bits per heavy atom. The van der Waals surface area contributed by atoms with E-state index in [0.717, 1.165) is 4.90 Å². The highest BCUT2D eigenvalue weighted by Crippen LogP contribution is 2.25. The molecule has 1 saturated heterocycles. The minimum Gasteiger partial charge on any atom is -0.295 e. The normalized spacial score (nSPS) is 22.1. The van der Waals surface area contributed by atoms with E-state index in [0.29, 0.717) is 5.82 Å². The molecule has 0 aromatic carbocycles. The molecule has 3 rings (SSSR count). The van der Waals surface area contributed by atoms with Gasteiger partial charge in [0.05, 0.1) is 5.56 Å². The number of hydrogen-bond acceptors (Lipinski definition) is 6. The van der Waals surface area contributed by atoms with Crippen molar-refractivity contribution in [2.45, 2.75) is 25.8 Å². The monoisotopic (exact) mass is 274 g/mol. The van der Waals surface area contributed by atoms with Crippen LogP contribution < -0.4 is 5.32 Å². The second kappa shape index (κ2) is 4.19. The fraction of sp³-hybridized carbons (Fsp3) is 0.333. The van der Waals surface area contributed by atoms with E-state index in [2.05, 4.69) is 15.3 Å². The van der Waals surface area contributed by atoms with Gasteiger partial charge in [-0.25, -0.2) is 9.97 Å². The third-order valence-corrected chi connectivity index (χ3v) is 3.30. The zero-order valence-electron chi connectivity index (χ0n) is 10.5. The first kappa shape index (κ1) is 12.4. The first-order chi connectivity index (χ1) is 9.49. The van der Waals surface area contributed by atoms with Crippen molar-refractivity contribution < 1.29 is 19.2 Å². The number of aryl methyl sites for hydroxylation is 1. The molecule has 1 aromatic heterocycles. The molecular weight excluding hydrogens is 264 g/mol. The molecule has 1 fully saturated rings. The van der Waals surface area contributed by atoms with Crippen molar-refractivity contribution in [1.82, 2.24) is 20.2 Å². The van der Waals surface area contributed by atoms with Crippen molar-refractivity contribution in [3.05, 3.63) is 23.3 Å². The summed E-state index contributed by atoms with van der Waals surface area (Å²) in [6, 6.07) is -0.970. The Kier molecular flexibility index (Phi) is 2.60. The van der Waals surface area contributed by atoms with Crippen LogP contribution in [0.4, 0.5) is 0 Å².